The number of sulfonamides is 1. The highest BCUT2D eigenvalue weighted by atomic mass is 32.2. The Morgan fingerprint density at radius 3 is 2.84 bits per heavy atom. The van der Waals surface area contributed by atoms with Gasteiger partial charge in [-0.05, 0) is 24.6 Å². The molecule has 0 unspecified atom stereocenters. The first kappa shape index (κ1) is 13.6. The van der Waals surface area contributed by atoms with Gasteiger partial charge in [-0.25, -0.2) is 13.1 Å². The summed E-state index contributed by atoms with van der Waals surface area (Å²) in [7, 11) is -1.98. The second kappa shape index (κ2) is 5.41. The summed E-state index contributed by atoms with van der Waals surface area (Å²) in [6.45, 7) is 1.86. The molecule has 2 aromatic rings. The highest BCUT2D eigenvalue weighted by molar-refractivity contribution is 7.89. The maximum absolute atomic E-state index is 12.0. The number of methoxy groups -OCH3 is 1. The molecule has 0 atom stereocenters. The van der Waals surface area contributed by atoms with Crippen molar-refractivity contribution in [3.8, 4) is 5.75 Å². The first-order valence-corrected chi connectivity index (χ1v) is 7.14. The summed E-state index contributed by atoms with van der Waals surface area (Å²) >= 11 is 0. The third-order valence-electron chi connectivity index (χ3n) is 2.67. The van der Waals surface area contributed by atoms with Crippen molar-refractivity contribution >= 4 is 10.0 Å². The van der Waals surface area contributed by atoms with Gasteiger partial charge in [0.15, 0.2) is 0 Å². The van der Waals surface area contributed by atoms with Gasteiger partial charge >= 0.3 is 0 Å². The number of hydrogen-bond acceptors (Lipinski definition) is 4. The summed E-state index contributed by atoms with van der Waals surface area (Å²) in [6.07, 6.45) is 1.29. The molecule has 0 amide bonds. The van der Waals surface area contributed by atoms with Gasteiger partial charge in [0.1, 0.15) is 10.6 Å². The van der Waals surface area contributed by atoms with Gasteiger partial charge in [-0.3, -0.25) is 5.10 Å². The maximum Gasteiger partial charge on any atom is 0.244 e. The van der Waals surface area contributed by atoms with E-state index in [0.717, 1.165) is 5.56 Å². The second-order valence-corrected chi connectivity index (χ2v) is 5.77. The summed E-state index contributed by atoms with van der Waals surface area (Å²) < 4.78 is 31.7. The van der Waals surface area contributed by atoms with Crippen molar-refractivity contribution in [2.75, 3.05) is 7.11 Å². The molecule has 19 heavy (non-hydrogen) atoms. The standard InChI is InChI=1S/C12H15N3O3S/c1-9-12(8-13-15-9)19(16,17)14-7-10-4-3-5-11(6-10)18-2/h3-6,8,14H,7H2,1-2H3,(H,13,15). The largest absolute Gasteiger partial charge is 0.497 e. The molecule has 2 rings (SSSR count). The van der Waals surface area contributed by atoms with Crippen LogP contribution in [0.25, 0.3) is 0 Å². The SMILES string of the molecule is COc1cccc(CNS(=O)(=O)c2cn[nH]c2C)c1. The van der Waals surface area contributed by atoms with Gasteiger partial charge in [0.25, 0.3) is 0 Å². The van der Waals surface area contributed by atoms with Crippen LogP contribution in [-0.2, 0) is 16.6 Å². The third kappa shape index (κ3) is 3.12. The van der Waals surface area contributed by atoms with Gasteiger partial charge in [-0.1, -0.05) is 12.1 Å². The molecule has 1 heterocycles. The second-order valence-electron chi connectivity index (χ2n) is 4.04. The molecule has 102 valence electrons. The molecule has 0 aliphatic carbocycles. The molecule has 0 aliphatic rings. The van der Waals surface area contributed by atoms with Gasteiger partial charge in [0.2, 0.25) is 10.0 Å². The van der Waals surface area contributed by atoms with E-state index in [0.29, 0.717) is 11.4 Å². The van der Waals surface area contributed by atoms with E-state index in [1.54, 1.807) is 26.2 Å². The molecule has 1 aromatic heterocycles. The molecule has 0 spiro atoms. The number of aromatic nitrogens is 2. The van der Waals surface area contributed by atoms with Crippen LogP contribution in [0.5, 0.6) is 5.75 Å². The lowest BCUT2D eigenvalue weighted by Crippen LogP contribution is -2.23. The minimum Gasteiger partial charge on any atom is -0.497 e. The Hall–Kier alpha value is -1.86. The van der Waals surface area contributed by atoms with Crippen LogP contribution in [0, 0.1) is 6.92 Å². The molecule has 0 aliphatic heterocycles. The predicted molar refractivity (Wildman–Crippen MR) is 70.3 cm³/mol. The van der Waals surface area contributed by atoms with Crippen LogP contribution in [0.1, 0.15) is 11.3 Å². The number of nitrogens with one attached hydrogen (secondary N) is 2. The molecule has 0 radical (unpaired) electrons. The third-order valence-corrected chi connectivity index (χ3v) is 4.19. The fourth-order valence-corrected chi connectivity index (χ4v) is 2.80. The van der Waals surface area contributed by atoms with Crippen molar-refractivity contribution in [2.45, 2.75) is 18.4 Å². The van der Waals surface area contributed by atoms with Crippen LogP contribution in [0.15, 0.2) is 35.4 Å². The van der Waals surface area contributed by atoms with E-state index in [1.807, 2.05) is 12.1 Å². The minimum absolute atomic E-state index is 0.162. The van der Waals surface area contributed by atoms with E-state index >= 15 is 0 Å². The lowest BCUT2D eigenvalue weighted by Gasteiger charge is -2.07. The van der Waals surface area contributed by atoms with Crippen molar-refractivity contribution in [3.05, 3.63) is 41.7 Å². The molecule has 0 saturated carbocycles. The number of hydrogen-bond donors (Lipinski definition) is 2. The van der Waals surface area contributed by atoms with E-state index in [1.165, 1.54) is 6.20 Å². The van der Waals surface area contributed by atoms with Crippen LogP contribution in [0.2, 0.25) is 0 Å². The average Bonchev–Trinajstić information content (AvgIpc) is 2.84. The summed E-state index contributed by atoms with van der Waals surface area (Å²) in [5.41, 5.74) is 1.34. The normalized spacial score (nSPS) is 11.5. The van der Waals surface area contributed by atoms with Crippen LogP contribution < -0.4 is 9.46 Å². The Bertz CT molecular complexity index is 664. The molecule has 2 N–H and O–H groups in total. The van der Waals surface area contributed by atoms with Crippen molar-refractivity contribution in [3.63, 3.8) is 0 Å². The molecular formula is C12H15N3O3S. The summed E-state index contributed by atoms with van der Waals surface area (Å²) in [6, 6.07) is 7.22. The summed E-state index contributed by atoms with van der Waals surface area (Å²) in [4.78, 5) is 0.162. The number of aryl methyl sites for hydroxylation is 1. The van der Waals surface area contributed by atoms with Crippen LogP contribution in [-0.4, -0.2) is 25.7 Å². The first-order valence-electron chi connectivity index (χ1n) is 5.65. The van der Waals surface area contributed by atoms with Crippen LogP contribution in [0.4, 0.5) is 0 Å². The lowest BCUT2D eigenvalue weighted by atomic mass is 10.2. The minimum atomic E-state index is -3.55. The topological polar surface area (TPSA) is 84.1 Å². The number of aromatic amines is 1. The Morgan fingerprint density at radius 2 is 2.21 bits per heavy atom. The van der Waals surface area contributed by atoms with Crippen molar-refractivity contribution in [1.82, 2.24) is 14.9 Å². The predicted octanol–water partition coefficient (Wildman–Crippen LogP) is 1.21. The van der Waals surface area contributed by atoms with E-state index in [9.17, 15) is 8.42 Å². The molecule has 7 heteroatoms. The molecule has 1 aromatic carbocycles. The fraction of sp³-hybridized carbons (Fsp3) is 0.250. The lowest BCUT2D eigenvalue weighted by molar-refractivity contribution is 0.414. The molecule has 6 nitrogen and oxygen atoms in total. The number of benzene rings is 1. The van der Waals surface area contributed by atoms with Crippen molar-refractivity contribution in [1.29, 1.82) is 0 Å². The van der Waals surface area contributed by atoms with Crippen LogP contribution in [0.3, 0.4) is 0 Å². The van der Waals surface area contributed by atoms with E-state index in [4.69, 9.17) is 4.74 Å². The smallest absolute Gasteiger partial charge is 0.244 e. The highest BCUT2D eigenvalue weighted by Gasteiger charge is 2.17. The highest BCUT2D eigenvalue weighted by Crippen LogP contribution is 2.14. The average molecular weight is 281 g/mol. The Morgan fingerprint density at radius 1 is 1.42 bits per heavy atom. The fourth-order valence-electron chi connectivity index (χ4n) is 1.65. The van der Waals surface area contributed by atoms with Gasteiger partial charge < -0.3 is 4.74 Å². The molecule has 0 saturated heterocycles. The number of rotatable bonds is 5. The monoisotopic (exact) mass is 281 g/mol. The number of nitrogens with zero attached hydrogens (tertiary/aromatic N) is 1. The summed E-state index contributed by atoms with van der Waals surface area (Å²) in [5, 5.41) is 6.31. The maximum atomic E-state index is 12.0. The summed E-state index contributed by atoms with van der Waals surface area (Å²) in [5.74, 6) is 0.691. The number of ether oxygens (including phenoxy) is 1. The molecule has 0 bridgehead atoms. The van der Waals surface area contributed by atoms with Gasteiger partial charge in [-0.2, -0.15) is 5.10 Å². The zero-order valence-corrected chi connectivity index (χ0v) is 11.5. The Labute approximate surface area is 111 Å². The van der Waals surface area contributed by atoms with Gasteiger partial charge in [0.05, 0.1) is 19.0 Å². The van der Waals surface area contributed by atoms with Crippen molar-refractivity contribution < 1.29 is 13.2 Å². The quantitative estimate of drug-likeness (QED) is 0.862. The van der Waals surface area contributed by atoms with E-state index < -0.39 is 10.0 Å². The van der Waals surface area contributed by atoms with Crippen LogP contribution >= 0.6 is 0 Å². The number of H-pyrrole nitrogens is 1. The molecule has 0 fully saturated rings. The first-order chi connectivity index (χ1) is 9.03. The van der Waals surface area contributed by atoms with E-state index in [2.05, 4.69) is 14.9 Å². The Balaban J connectivity index is 2.12. The van der Waals surface area contributed by atoms with E-state index in [-0.39, 0.29) is 11.4 Å². The Kier molecular flexibility index (Phi) is 3.87. The zero-order valence-electron chi connectivity index (χ0n) is 10.7. The molecular weight excluding hydrogens is 266 g/mol. The zero-order chi connectivity index (χ0) is 13.9. The van der Waals surface area contributed by atoms with Crippen molar-refractivity contribution in [2.24, 2.45) is 0 Å². The van der Waals surface area contributed by atoms with Gasteiger partial charge in [0, 0.05) is 6.54 Å². The van der Waals surface area contributed by atoms with Gasteiger partial charge in [-0.15, -0.1) is 0 Å².